The summed E-state index contributed by atoms with van der Waals surface area (Å²) >= 11 is 11.8. The third-order valence-corrected chi connectivity index (χ3v) is 6.36. The second-order valence-electron chi connectivity index (χ2n) is 7.61. The first-order chi connectivity index (χ1) is 11.9. The van der Waals surface area contributed by atoms with E-state index in [0.717, 1.165) is 13.0 Å². The number of nitrogens with zero attached hydrogens (tertiary/aromatic N) is 1. The van der Waals surface area contributed by atoms with E-state index in [0.29, 0.717) is 24.0 Å². The van der Waals surface area contributed by atoms with Crippen molar-refractivity contribution in [3.05, 3.63) is 27.7 Å². The first kappa shape index (κ1) is 17.0. The van der Waals surface area contributed by atoms with Gasteiger partial charge in [0.2, 0.25) is 5.91 Å². The molecule has 1 atom stereocenters. The van der Waals surface area contributed by atoms with Crippen LogP contribution >= 0.6 is 23.2 Å². The number of hydrogen-bond donors (Lipinski definition) is 2. The quantitative estimate of drug-likeness (QED) is 0.840. The third kappa shape index (κ3) is 2.97. The monoisotopic (exact) mass is 382 g/mol. The number of aromatic hydroxyl groups is 1. The summed E-state index contributed by atoms with van der Waals surface area (Å²) in [6, 6.07) is 2.82. The van der Waals surface area contributed by atoms with Gasteiger partial charge in [0.25, 0.3) is 5.91 Å². The molecule has 4 rings (SSSR count). The fraction of sp³-hybridized carbons (Fsp3) is 0.556. The molecule has 1 aliphatic heterocycles. The van der Waals surface area contributed by atoms with Crippen molar-refractivity contribution >= 4 is 35.0 Å². The number of phenolic OH excluding ortho intramolecular Hbond substituents is 1. The van der Waals surface area contributed by atoms with E-state index >= 15 is 0 Å². The number of phenols is 1. The highest BCUT2D eigenvalue weighted by Crippen LogP contribution is 2.59. The Hall–Kier alpha value is -1.46. The van der Waals surface area contributed by atoms with Crippen LogP contribution in [0.3, 0.4) is 0 Å². The van der Waals surface area contributed by atoms with E-state index in [1.165, 1.54) is 31.4 Å². The average Bonchev–Trinajstić information content (AvgIpc) is 3.23. The van der Waals surface area contributed by atoms with Crippen LogP contribution in [0.1, 0.15) is 36.0 Å². The number of benzene rings is 1. The van der Waals surface area contributed by atoms with Crippen LogP contribution in [-0.2, 0) is 4.79 Å². The third-order valence-electron chi connectivity index (χ3n) is 5.85. The van der Waals surface area contributed by atoms with E-state index < -0.39 is 0 Å². The smallest absolute Gasteiger partial charge is 0.257 e. The van der Waals surface area contributed by atoms with Crippen molar-refractivity contribution in [2.45, 2.75) is 25.7 Å². The summed E-state index contributed by atoms with van der Waals surface area (Å²) in [4.78, 5) is 26.5. The van der Waals surface area contributed by atoms with Crippen LogP contribution in [0.25, 0.3) is 0 Å². The van der Waals surface area contributed by atoms with Crippen LogP contribution in [0.4, 0.5) is 0 Å². The van der Waals surface area contributed by atoms with Gasteiger partial charge in [-0.1, -0.05) is 29.6 Å². The summed E-state index contributed by atoms with van der Waals surface area (Å²) in [7, 11) is 0. The summed E-state index contributed by atoms with van der Waals surface area (Å²) in [6.07, 6.45) is 4.52. The maximum Gasteiger partial charge on any atom is 0.257 e. The molecule has 3 fully saturated rings. The number of nitrogens with one attached hydrogen (secondary N) is 1. The fourth-order valence-electron chi connectivity index (χ4n) is 3.89. The first-order valence-electron chi connectivity index (χ1n) is 8.65. The van der Waals surface area contributed by atoms with Crippen LogP contribution in [0.15, 0.2) is 12.1 Å². The molecule has 0 bridgehead atoms. The molecular weight excluding hydrogens is 363 g/mol. The van der Waals surface area contributed by atoms with Gasteiger partial charge >= 0.3 is 0 Å². The molecule has 134 valence electrons. The van der Waals surface area contributed by atoms with Crippen molar-refractivity contribution in [2.24, 2.45) is 17.3 Å². The molecule has 25 heavy (non-hydrogen) atoms. The lowest BCUT2D eigenvalue weighted by atomic mass is 9.85. The number of carbonyl (C=O) groups excluding carboxylic acids is 2. The fourth-order valence-corrected chi connectivity index (χ4v) is 4.38. The van der Waals surface area contributed by atoms with E-state index in [2.05, 4.69) is 5.32 Å². The highest BCUT2D eigenvalue weighted by Gasteiger charge is 2.65. The van der Waals surface area contributed by atoms with Gasteiger partial charge in [0.15, 0.2) is 0 Å². The Balaban J connectivity index is 1.33. The zero-order valence-corrected chi connectivity index (χ0v) is 15.2. The van der Waals surface area contributed by atoms with Gasteiger partial charge < -0.3 is 15.3 Å². The molecule has 1 aromatic rings. The molecule has 2 amide bonds. The van der Waals surface area contributed by atoms with Gasteiger partial charge in [-0.15, -0.1) is 0 Å². The molecule has 2 N–H and O–H groups in total. The molecule has 2 saturated carbocycles. The highest BCUT2D eigenvalue weighted by atomic mass is 35.5. The van der Waals surface area contributed by atoms with Gasteiger partial charge in [0.05, 0.1) is 10.6 Å². The molecule has 2 aliphatic carbocycles. The average molecular weight is 383 g/mol. The number of amides is 2. The van der Waals surface area contributed by atoms with Gasteiger partial charge in [0.1, 0.15) is 5.75 Å². The molecule has 5 nitrogen and oxygen atoms in total. The maximum absolute atomic E-state index is 12.6. The van der Waals surface area contributed by atoms with Crippen molar-refractivity contribution in [1.29, 1.82) is 0 Å². The number of rotatable bonds is 4. The molecule has 1 aromatic carbocycles. The van der Waals surface area contributed by atoms with Crippen LogP contribution < -0.4 is 5.32 Å². The second kappa shape index (κ2) is 6.06. The lowest BCUT2D eigenvalue weighted by Gasteiger charge is -2.41. The summed E-state index contributed by atoms with van der Waals surface area (Å²) in [6.45, 7) is 1.86. The summed E-state index contributed by atoms with van der Waals surface area (Å²) in [5.41, 5.74) is 0.0381. The number of hydrogen-bond acceptors (Lipinski definition) is 3. The Labute approximate surface area is 156 Å². The van der Waals surface area contributed by atoms with Crippen molar-refractivity contribution in [1.82, 2.24) is 10.2 Å². The SMILES string of the molecule is O=C(NCC1CCC1)C1CC12CN(C(=O)c1cc(Cl)cc(Cl)c1O)C2. The molecule has 3 aliphatic rings. The van der Waals surface area contributed by atoms with E-state index in [-0.39, 0.29) is 39.5 Å². The van der Waals surface area contributed by atoms with Crippen LogP contribution in [0.5, 0.6) is 5.75 Å². The minimum Gasteiger partial charge on any atom is -0.506 e. The van der Waals surface area contributed by atoms with Gasteiger partial charge in [-0.2, -0.15) is 0 Å². The molecule has 0 radical (unpaired) electrons. The zero-order chi connectivity index (χ0) is 17.8. The van der Waals surface area contributed by atoms with E-state index in [4.69, 9.17) is 23.2 Å². The van der Waals surface area contributed by atoms with Gasteiger partial charge in [-0.25, -0.2) is 0 Å². The standard InChI is InChI=1S/C18H20Cl2N2O3/c19-11-4-12(15(23)14(20)5-11)17(25)22-8-18(9-22)6-13(18)16(24)21-7-10-2-1-3-10/h4-5,10,13,23H,1-3,6-9H2,(H,21,24). The minimum atomic E-state index is -0.298. The number of halogens is 2. The topological polar surface area (TPSA) is 69.6 Å². The molecule has 1 saturated heterocycles. The molecule has 1 unspecified atom stereocenters. The largest absolute Gasteiger partial charge is 0.506 e. The van der Waals surface area contributed by atoms with Crippen molar-refractivity contribution in [3.63, 3.8) is 0 Å². The van der Waals surface area contributed by atoms with E-state index in [9.17, 15) is 14.7 Å². The van der Waals surface area contributed by atoms with Crippen molar-refractivity contribution in [2.75, 3.05) is 19.6 Å². The maximum atomic E-state index is 12.6. The lowest BCUT2D eigenvalue weighted by Crippen LogP contribution is -2.53. The highest BCUT2D eigenvalue weighted by molar-refractivity contribution is 6.36. The predicted octanol–water partition coefficient (Wildman–Crippen LogP) is 3.08. The van der Waals surface area contributed by atoms with E-state index in [1.807, 2.05) is 0 Å². The lowest BCUT2D eigenvalue weighted by molar-refractivity contribution is -0.124. The molecule has 1 heterocycles. The summed E-state index contributed by atoms with van der Waals surface area (Å²) < 4.78 is 0. The van der Waals surface area contributed by atoms with Gasteiger partial charge in [-0.05, 0) is 37.3 Å². The zero-order valence-electron chi connectivity index (χ0n) is 13.7. The van der Waals surface area contributed by atoms with Crippen LogP contribution in [0, 0.1) is 17.3 Å². The Bertz CT molecular complexity index is 742. The van der Waals surface area contributed by atoms with Gasteiger partial charge in [0, 0.05) is 36.0 Å². The predicted molar refractivity (Wildman–Crippen MR) is 94.9 cm³/mol. The molecule has 0 aromatic heterocycles. The van der Waals surface area contributed by atoms with Crippen LogP contribution in [0.2, 0.25) is 10.0 Å². The van der Waals surface area contributed by atoms with Gasteiger partial charge in [-0.3, -0.25) is 9.59 Å². The minimum absolute atomic E-state index is 0.00757. The number of carbonyl (C=O) groups is 2. The van der Waals surface area contributed by atoms with Crippen molar-refractivity contribution < 1.29 is 14.7 Å². The normalized spacial score (nSPS) is 23.8. The Morgan fingerprint density at radius 1 is 1.28 bits per heavy atom. The molecular formula is C18H20Cl2N2O3. The molecule has 1 spiro atoms. The second-order valence-corrected chi connectivity index (χ2v) is 8.45. The molecule has 7 heteroatoms. The van der Waals surface area contributed by atoms with Crippen molar-refractivity contribution in [3.8, 4) is 5.75 Å². The first-order valence-corrected chi connectivity index (χ1v) is 9.40. The summed E-state index contributed by atoms with van der Waals surface area (Å²) in [5, 5.41) is 13.4. The Kier molecular flexibility index (Phi) is 4.12. The Morgan fingerprint density at radius 3 is 2.64 bits per heavy atom. The summed E-state index contributed by atoms with van der Waals surface area (Å²) in [5.74, 6) is 0.227. The Morgan fingerprint density at radius 2 is 2.00 bits per heavy atom. The van der Waals surface area contributed by atoms with E-state index in [1.54, 1.807) is 4.90 Å². The number of likely N-dealkylation sites (tertiary alicyclic amines) is 1. The van der Waals surface area contributed by atoms with Crippen LogP contribution in [-0.4, -0.2) is 41.5 Å².